The highest BCUT2D eigenvalue weighted by atomic mass is 79.9. The maximum Gasteiger partial charge on any atom is 0.235 e. The highest BCUT2D eigenvalue weighted by molar-refractivity contribution is 9.10. The molecular weight excluding hydrogens is 434 g/mol. The van der Waals surface area contributed by atoms with Crippen LogP contribution in [0.3, 0.4) is 0 Å². The molecule has 0 atom stereocenters. The molecule has 0 saturated heterocycles. The van der Waals surface area contributed by atoms with Crippen LogP contribution < -0.4 is 14.9 Å². The molecule has 1 fully saturated rings. The number of halogens is 1. The van der Waals surface area contributed by atoms with Gasteiger partial charge in [-0.15, -0.1) is 0 Å². The molecule has 5 rings (SSSR count). The highest BCUT2D eigenvalue weighted by Crippen LogP contribution is 2.35. The third kappa shape index (κ3) is 3.55. The summed E-state index contributed by atoms with van der Waals surface area (Å²) in [5.74, 6) is 1.54. The number of benzene rings is 2. The zero-order valence-electron chi connectivity index (χ0n) is 16.0. The first-order valence-corrected chi connectivity index (χ1v) is 10.9. The molecule has 0 radical (unpaired) electrons. The van der Waals surface area contributed by atoms with Gasteiger partial charge >= 0.3 is 0 Å². The summed E-state index contributed by atoms with van der Waals surface area (Å²) in [6.45, 7) is 1.33. The molecule has 0 amide bonds. The second-order valence-corrected chi connectivity index (χ2v) is 8.55. The van der Waals surface area contributed by atoms with Crippen molar-refractivity contribution >= 4 is 26.9 Å². The van der Waals surface area contributed by atoms with Crippen molar-refractivity contribution in [2.24, 2.45) is 0 Å². The fourth-order valence-electron chi connectivity index (χ4n) is 4.31. The van der Waals surface area contributed by atoms with Crippen LogP contribution in [0, 0.1) is 0 Å². The van der Waals surface area contributed by atoms with E-state index < -0.39 is 0 Å². The lowest BCUT2D eigenvalue weighted by molar-refractivity contribution is 0.0406. The van der Waals surface area contributed by atoms with Gasteiger partial charge in [-0.1, -0.05) is 31.4 Å². The Hall–Kier alpha value is -2.31. The lowest BCUT2D eigenvalue weighted by atomic mass is 9.93. The van der Waals surface area contributed by atoms with E-state index in [4.69, 9.17) is 13.9 Å². The van der Waals surface area contributed by atoms with Crippen LogP contribution in [0.1, 0.15) is 37.7 Å². The summed E-state index contributed by atoms with van der Waals surface area (Å²) in [5.41, 5.74) is 1.36. The van der Waals surface area contributed by atoms with E-state index in [9.17, 15) is 4.79 Å². The van der Waals surface area contributed by atoms with E-state index >= 15 is 0 Å². The minimum absolute atomic E-state index is 0.171. The molecule has 1 aromatic heterocycles. The monoisotopic (exact) mass is 455 g/mol. The zero-order valence-corrected chi connectivity index (χ0v) is 17.6. The maximum absolute atomic E-state index is 13.1. The van der Waals surface area contributed by atoms with E-state index in [-0.39, 0.29) is 11.2 Å². The van der Waals surface area contributed by atoms with E-state index in [2.05, 4.69) is 20.8 Å². The number of hydrogen-bond acceptors (Lipinski definition) is 5. The Balaban J connectivity index is 1.50. The van der Waals surface area contributed by atoms with Gasteiger partial charge in [0.25, 0.3) is 0 Å². The lowest BCUT2D eigenvalue weighted by Gasteiger charge is -2.37. The van der Waals surface area contributed by atoms with Crippen molar-refractivity contribution in [3.8, 4) is 17.2 Å². The minimum Gasteiger partial charge on any atom is -0.478 e. The van der Waals surface area contributed by atoms with E-state index in [0.717, 1.165) is 22.3 Å². The van der Waals surface area contributed by atoms with Crippen molar-refractivity contribution in [2.45, 2.75) is 44.7 Å². The Bertz CT molecular complexity index is 1100. The van der Waals surface area contributed by atoms with Crippen molar-refractivity contribution in [1.29, 1.82) is 0 Å². The van der Waals surface area contributed by atoms with Crippen LogP contribution in [-0.4, -0.2) is 17.7 Å². The first-order chi connectivity index (χ1) is 14.2. The SMILES string of the molecule is O=c1c(Oc2ccccc2Br)coc2c3c(ccc12)OCN(C1CCCCC1)C3. The Morgan fingerprint density at radius 1 is 1.03 bits per heavy atom. The van der Waals surface area contributed by atoms with Crippen molar-refractivity contribution < 1.29 is 13.9 Å². The van der Waals surface area contributed by atoms with Crippen molar-refractivity contribution in [1.82, 2.24) is 4.90 Å². The Morgan fingerprint density at radius 2 is 1.86 bits per heavy atom. The number of fused-ring (bicyclic) bond motifs is 3. The second-order valence-electron chi connectivity index (χ2n) is 7.69. The molecule has 5 nitrogen and oxygen atoms in total. The largest absolute Gasteiger partial charge is 0.478 e. The first-order valence-electron chi connectivity index (χ1n) is 10.1. The molecule has 2 heterocycles. The van der Waals surface area contributed by atoms with E-state index in [1.165, 1.54) is 38.4 Å². The van der Waals surface area contributed by atoms with Crippen molar-refractivity contribution in [3.05, 3.63) is 62.9 Å². The van der Waals surface area contributed by atoms with Crippen LogP contribution in [0.5, 0.6) is 17.2 Å². The van der Waals surface area contributed by atoms with Gasteiger partial charge in [0.05, 0.1) is 15.4 Å². The standard InChI is InChI=1S/C23H22BrNO4/c24-18-8-4-5-9-20(18)29-21-13-27-23-16(22(21)26)10-11-19-17(23)12-25(14-28-19)15-6-2-1-3-7-15/h4-5,8-11,13,15H,1-3,6-7,12,14H2. The molecule has 3 aromatic rings. The van der Waals surface area contributed by atoms with Crippen LogP contribution in [0.15, 0.2) is 56.3 Å². The fourth-order valence-corrected chi connectivity index (χ4v) is 4.67. The maximum atomic E-state index is 13.1. The molecule has 0 N–H and O–H groups in total. The van der Waals surface area contributed by atoms with Gasteiger partial charge in [0.1, 0.15) is 30.1 Å². The summed E-state index contributed by atoms with van der Waals surface area (Å²) >= 11 is 3.44. The quantitative estimate of drug-likeness (QED) is 0.496. The number of ether oxygens (including phenoxy) is 2. The van der Waals surface area contributed by atoms with Gasteiger partial charge in [-0.05, 0) is 53.0 Å². The number of rotatable bonds is 3. The smallest absolute Gasteiger partial charge is 0.235 e. The minimum atomic E-state index is -0.181. The number of para-hydroxylation sites is 1. The zero-order chi connectivity index (χ0) is 19.8. The molecule has 0 unspecified atom stereocenters. The topological polar surface area (TPSA) is 51.9 Å². The summed E-state index contributed by atoms with van der Waals surface area (Å²) in [7, 11) is 0. The predicted molar refractivity (Wildman–Crippen MR) is 115 cm³/mol. The summed E-state index contributed by atoms with van der Waals surface area (Å²) in [6, 6.07) is 11.6. The first kappa shape index (κ1) is 18.7. The molecule has 2 aliphatic rings. The second kappa shape index (κ2) is 7.84. The number of hydrogen-bond donors (Lipinski definition) is 0. The Morgan fingerprint density at radius 3 is 2.69 bits per heavy atom. The van der Waals surface area contributed by atoms with Gasteiger partial charge in [0.15, 0.2) is 0 Å². The predicted octanol–water partition coefficient (Wildman–Crippen LogP) is 5.83. The van der Waals surface area contributed by atoms with Gasteiger partial charge in [0.2, 0.25) is 11.2 Å². The Kier molecular flexibility index (Phi) is 5.06. The van der Waals surface area contributed by atoms with Crippen LogP contribution in [-0.2, 0) is 6.54 Å². The average Bonchev–Trinajstić information content (AvgIpc) is 2.77. The molecule has 0 spiro atoms. The summed E-state index contributed by atoms with van der Waals surface area (Å²) < 4.78 is 18.5. The fraction of sp³-hybridized carbons (Fsp3) is 0.348. The van der Waals surface area contributed by atoms with Crippen molar-refractivity contribution in [3.63, 3.8) is 0 Å². The number of nitrogens with zero attached hydrogens (tertiary/aromatic N) is 1. The normalized spacial score (nSPS) is 17.7. The van der Waals surface area contributed by atoms with Gasteiger partial charge in [-0.2, -0.15) is 0 Å². The van der Waals surface area contributed by atoms with Gasteiger partial charge in [-0.25, -0.2) is 0 Å². The van der Waals surface area contributed by atoms with Crippen molar-refractivity contribution in [2.75, 3.05) is 6.73 Å². The van der Waals surface area contributed by atoms with E-state index in [1.807, 2.05) is 24.3 Å². The van der Waals surface area contributed by atoms with Gasteiger partial charge in [-0.3, -0.25) is 9.69 Å². The van der Waals surface area contributed by atoms with Crippen LogP contribution in [0.2, 0.25) is 0 Å². The van der Waals surface area contributed by atoms with Gasteiger partial charge < -0.3 is 13.9 Å². The summed E-state index contributed by atoms with van der Waals surface area (Å²) in [6.07, 6.45) is 7.68. The lowest BCUT2D eigenvalue weighted by Crippen LogP contribution is -2.41. The molecule has 1 aliphatic heterocycles. The molecular formula is C23H22BrNO4. The van der Waals surface area contributed by atoms with Crippen LogP contribution in [0.4, 0.5) is 0 Å². The summed E-state index contributed by atoms with van der Waals surface area (Å²) in [5, 5.41) is 0.516. The highest BCUT2D eigenvalue weighted by Gasteiger charge is 2.28. The molecule has 29 heavy (non-hydrogen) atoms. The molecule has 1 aliphatic carbocycles. The molecule has 0 bridgehead atoms. The van der Waals surface area contributed by atoms with Crippen LogP contribution in [0.25, 0.3) is 11.0 Å². The van der Waals surface area contributed by atoms with Gasteiger partial charge in [0, 0.05) is 12.6 Å². The molecule has 2 aromatic carbocycles. The molecule has 150 valence electrons. The third-order valence-electron chi connectivity index (χ3n) is 5.86. The Labute approximate surface area is 177 Å². The average molecular weight is 456 g/mol. The summed E-state index contributed by atoms with van der Waals surface area (Å²) in [4.78, 5) is 15.4. The van der Waals surface area contributed by atoms with E-state index in [1.54, 1.807) is 12.1 Å². The molecule has 1 saturated carbocycles. The van der Waals surface area contributed by atoms with E-state index in [0.29, 0.717) is 29.5 Å². The molecule has 6 heteroatoms. The third-order valence-corrected chi connectivity index (χ3v) is 6.52. The van der Waals surface area contributed by atoms with Crippen LogP contribution >= 0.6 is 15.9 Å².